The summed E-state index contributed by atoms with van der Waals surface area (Å²) in [6.07, 6.45) is 2.47. The molecule has 0 spiro atoms. The fraction of sp³-hybridized carbons (Fsp3) is 0.261. The van der Waals surface area contributed by atoms with Crippen molar-refractivity contribution in [3.05, 3.63) is 79.0 Å². The topological polar surface area (TPSA) is 65.5 Å². The van der Waals surface area contributed by atoms with E-state index in [-0.39, 0.29) is 4.90 Å². The zero-order chi connectivity index (χ0) is 21.0. The van der Waals surface area contributed by atoms with E-state index in [9.17, 15) is 8.42 Å². The Morgan fingerprint density at radius 3 is 2.37 bits per heavy atom. The predicted octanol–water partition coefficient (Wildman–Crippen LogP) is 3.99. The van der Waals surface area contributed by atoms with Gasteiger partial charge in [-0.2, -0.15) is 0 Å². The highest BCUT2D eigenvalue weighted by molar-refractivity contribution is 7.92. The highest BCUT2D eigenvalue weighted by Crippen LogP contribution is 2.25. The molecule has 1 unspecified atom stereocenters. The largest absolute Gasteiger partial charge is 0.380 e. The van der Waals surface area contributed by atoms with Crippen LogP contribution >= 0.6 is 0 Å². The minimum Gasteiger partial charge on any atom is -0.380 e. The lowest BCUT2D eigenvalue weighted by Gasteiger charge is -2.23. The Balaban J connectivity index is 1.46. The molecule has 7 heteroatoms. The van der Waals surface area contributed by atoms with Gasteiger partial charge < -0.3 is 10.2 Å². The monoisotopic (exact) mass is 422 g/mol. The molecular formula is C23H26N4O2S. The molecule has 1 aliphatic rings. The highest BCUT2D eigenvalue weighted by Gasteiger charge is 2.26. The van der Waals surface area contributed by atoms with Crippen molar-refractivity contribution in [3.8, 4) is 0 Å². The number of nitrogens with one attached hydrogen (secondary N) is 1. The summed E-state index contributed by atoms with van der Waals surface area (Å²) >= 11 is 0. The van der Waals surface area contributed by atoms with Crippen molar-refractivity contribution < 1.29 is 8.42 Å². The molecule has 1 aliphatic heterocycles. The zero-order valence-corrected chi connectivity index (χ0v) is 17.8. The molecule has 156 valence electrons. The molecule has 0 saturated carbocycles. The first-order chi connectivity index (χ1) is 14.6. The van der Waals surface area contributed by atoms with Gasteiger partial charge in [-0.25, -0.2) is 13.4 Å². The lowest BCUT2D eigenvalue weighted by Crippen LogP contribution is -2.31. The molecule has 1 atom stereocenters. The van der Waals surface area contributed by atoms with Crippen LogP contribution in [0.3, 0.4) is 0 Å². The average molecular weight is 423 g/mol. The maximum absolute atomic E-state index is 13.1. The Morgan fingerprint density at radius 2 is 1.73 bits per heavy atom. The van der Waals surface area contributed by atoms with Gasteiger partial charge in [0.05, 0.1) is 5.69 Å². The summed E-state index contributed by atoms with van der Waals surface area (Å²) in [6, 6.07) is 23.1. The number of nitrogens with zero attached hydrogens (tertiary/aromatic N) is 3. The average Bonchev–Trinajstić information content (AvgIpc) is 3.24. The molecule has 2 heterocycles. The van der Waals surface area contributed by atoms with E-state index >= 15 is 0 Å². The molecule has 0 bridgehead atoms. The molecule has 1 N–H and O–H groups in total. The van der Waals surface area contributed by atoms with Crippen LogP contribution in [0.1, 0.15) is 13.3 Å². The quantitative estimate of drug-likeness (QED) is 0.624. The van der Waals surface area contributed by atoms with E-state index in [1.807, 2.05) is 43.3 Å². The van der Waals surface area contributed by atoms with E-state index in [1.54, 1.807) is 24.3 Å². The molecular weight excluding hydrogens is 396 g/mol. The number of hydrogen-bond acceptors (Lipinski definition) is 5. The number of rotatable bonds is 7. The van der Waals surface area contributed by atoms with Gasteiger partial charge in [-0.3, -0.25) is 4.31 Å². The van der Waals surface area contributed by atoms with E-state index in [2.05, 4.69) is 27.3 Å². The molecule has 30 heavy (non-hydrogen) atoms. The number of para-hydroxylation sites is 2. The third-order valence-electron chi connectivity index (χ3n) is 5.30. The first-order valence-electron chi connectivity index (χ1n) is 10.2. The normalized spacial score (nSPS) is 16.4. The standard InChI is InChI=1S/C23H26N4O2S/c1-2-27(21-11-7-4-8-12-21)30(28,29)22-13-14-23(24-17-22)26-16-15-20(18-26)25-19-9-5-3-6-10-19/h3-14,17,20,25H,2,15-16,18H2,1H3. The minimum absolute atomic E-state index is 0.204. The summed E-state index contributed by atoms with van der Waals surface area (Å²) in [5.74, 6) is 0.800. The Bertz CT molecular complexity index is 1060. The minimum atomic E-state index is -3.66. The maximum Gasteiger partial charge on any atom is 0.265 e. The van der Waals surface area contributed by atoms with Crippen molar-refractivity contribution in [1.82, 2.24) is 4.98 Å². The molecule has 0 aliphatic carbocycles. The Hall–Kier alpha value is -3.06. The highest BCUT2D eigenvalue weighted by atomic mass is 32.2. The van der Waals surface area contributed by atoms with Crippen LogP contribution in [0.2, 0.25) is 0 Å². The fourth-order valence-electron chi connectivity index (χ4n) is 3.78. The van der Waals surface area contributed by atoms with Gasteiger partial charge in [0, 0.05) is 37.6 Å². The smallest absolute Gasteiger partial charge is 0.265 e. The summed E-state index contributed by atoms with van der Waals surface area (Å²) in [5, 5.41) is 3.54. The summed E-state index contributed by atoms with van der Waals surface area (Å²) in [4.78, 5) is 6.86. The summed E-state index contributed by atoms with van der Waals surface area (Å²) < 4.78 is 27.6. The van der Waals surface area contributed by atoms with Crippen LogP contribution in [-0.4, -0.2) is 39.1 Å². The van der Waals surface area contributed by atoms with Gasteiger partial charge in [0.1, 0.15) is 10.7 Å². The van der Waals surface area contributed by atoms with E-state index in [1.165, 1.54) is 10.5 Å². The lowest BCUT2D eigenvalue weighted by atomic mass is 10.2. The Morgan fingerprint density at radius 1 is 1.03 bits per heavy atom. The van der Waals surface area contributed by atoms with Crippen LogP contribution in [0.4, 0.5) is 17.2 Å². The number of hydrogen-bond donors (Lipinski definition) is 1. The first-order valence-corrected chi connectivity index (χ1v) is 11.6. The van der Waals surface area contributed by atoms with Crippen molar-refractivity contribution in [2.45, 2.75) is 24.3 Å². The van der Waals surface area contributed by atoms with Crippen LogP contribution in [0.5, 0.6) is 0 Å². The zero-order valence-electron chi connectivity index (χ0n) is 17.0. The third kappa shape index (κ3) is 4.26. The lowest BCUT2D eigenvalue weighted by molar-refractivity contribution is 0.591. The van der Waals surface area contributed by atoms with E-state index in [0.717, 1.165) is 31.0 Å². The molecule has 2 aromatic carbocycles. The Kier molecular flexibility index (Phi) is 5.90. The number of benzene rings is 2. The third-order valence-corrected chi connectivity index (χ3v) is 7.18. The second-order valence-corrected chi connectivity index (χ2v) is 9.16. The van der Waals surface area contributed by atoms with Crippen LogP contribution in [0.15, 0.2) is 83.9 Å². The second-order valence-electron chi connectivity index (χ2n) is 7.30. The molecule has 0 radical (unpaired) electrons. The SMILES string of the molecule is CCN(c1ccccc1)S(=O)(=O)c1ccc(N2CCC(Nc3ccccc3)C2)nc1. The van der Waals surface area contributed by atoms with E-state index in [4.69, 9.17) is 0 Å². The van der Waals surface area contributed by atoms with Crippen molar-refractivity contribution in [1.29, 1.82) is 0 Å². The van der Waals surface area contributed by atoms with Gasteiger partial charge in [-0.15, -0.1) is 0 Å². The van der Waals surface area contributed by atoms with Crippen LogP contribution in [-0.2, 0) is 10.0 Å². The van der Waals surface area contributed by atoms with E-state index in [0.29, 0.717) is 18.3 Å². The number of anilines is 3. The van der Waals surface area contributed by atoms with Gasteiger partial charge >= 0.3 is 0 Å². The summed E-state index contributed by atoms with van der Waals surface area (Å²) in [7, 11) is -3.66. The van der Waals surface area contributed by atoms with E-state index < -0.39 is 10.0 Å². The Labute approximate surface area is 178 Å². The van der Waals surface area contributed by atoms with Gasteiger partial charge in [-0.1, -0.05) is 36.4 Å². The van der Waals surface area contributed by atoms with Crippen LogP contribution in [0.25, 0.3) is 0 Å². The maximum atomic E-state index is 13.1. The van der Waals surface area contributed by atoms with Gasteiger partial charge in [0.2, 0.25) is 0 Å². The summed E-state index contributed by atoms with van der Waals surface area (Å²) in [5.41, 5.74) is 1.76. The molecule has 0 amide bonds. The van der Waals surface area contributed by atoms with Crippen LogP contribution < -0.4 is 14.5 Å². The summed E-state index contributed by atoms with van der Waals surface area (Å²) in [6.45, 7) is 3.90. The second kappa shape index (κ2) is 8.75. The number of sulfonamides is 1. The van der Waals surface area contributed by atoms with Crippen molar-refractivity contribution >= 4 is 27.2 Å². The van der Waals surface area contributed by atoms with Crippen molar-refractivity contribution in [3.63, 3.8) is 0 Å². The van der Waals surface area contributed by atoms with Gasteiger partial charge in [0.25, 0.3) is 10.0 Å². The molecule has 6 nitrogen and oxygen atoms in total. The fourth-order valence-corrected chi connectivity index (χ4v) is 5.20. The molecule has 1 fully saturated rings. The number of aromatic nitrogens is 1. The van der Waals surface area contributed by atoms with Crippen molar-refractivity contribution in [2.24, 2.45) is 0 Å². The number of pyridine rings is 1. The molecule has 1 aromatic heterocycles. The molecule has 3 aromatic rings. The van der Waals surface area contributed by atoms with Gasteiger partial charge in [0.15, 0.2) is 0 Å². The first kappa shape index (κ1) is 20.2. The van der Waals surface area contributed by atoms with Crippen molar-refractivity contribution in [2.75, 3.05) is 34.2 Å². The molecule has 4 rings (SSSR count). The van der Waals surface area contributed by atoms with Gasteiger partial charge in [-0.05, 0) is 49.7 Å². The molecule has 1 saturated heterocycles. The predicted molar refractivity (Wildman–Crippen MR) is 122 cm³/mol. The van der Waals surface area contributed by atoms with Crippen LogP contribution in [0, 0.1) is 0 Å².